The summed E-state index contributed by atoms with van der Waals surface area (Å²) in [5.41, 5.74) is 0.876. The first-order valence-electron chi connectivity index (χ1n) is 3.78. The van der Waals surface area contributed by atoms with Gasteiger partial charge in [0, 0.05) is 29.8 Å². The molecular formula is C9H13NO. The van der Waals surface area contributed by atoms with Gasteiger partial charge in [0.05, 0.1) is 0 Å². The van der Waals surface area contributed by atoms with Crippen molar-refractivity contribution in [3.63, 3.8) is 0 Å². The van der Waals surface area contributed by atoms with Crippen molar-refractivity contribution in [1.29, 1.82) is 0 Å². The van der Waals surface area contributed by atoms with E-state index in [1.54, 1.807) is 12.3 Å². The molecule has 0 fully saturated rings. The molecule has 60 valence electrons. The molecule has 0 saturated heterocycles. The second-order valence-corrected chi connectivity index (χ2v) is 3.76. The van der Waals surface area contributed by atoms with Crippen molar-refractivity contribution in [1.82, 2.24) is 0 Å². The van der Waals surface area contributed by atoms with E-state index in [-0.39, 0.29) is 11.2 Å². The Balaban J connectivity index is 2.88. The van der Waals surface area contributed by atoms with Gasteiger partial charge in [-0.2, -0.15) is 0 Å². The van der Waals surface area contributed by atoms with E-state index in [1.165, 1.54) is 0 Å². The zero-order chi connectivity index (χ0) is 8.48. The van der Waals surface area contributed by atoms with Crippen molar-refractivity contribution >= 4 is 12.0 Å². The van der Waals surface area contributed by atoms with Crippen LogP contribution in [0.25, 0.3) is 0 Å². The molecule has 0 unspecified atom stereocenters. The summed E-state index contributed by atoms with van der Waals surface area (Å²) in [6, 6.07) is 0. The number of carbonyl (C=O) groups excluding carboxylic acids is 1. The molecule has 0 spiro atoms. The summed E-state index contributed by atoms with van der Waals surface area (Å²) in [7, 11) is 0. The SMILES string of the molecule is CC(C)(C)C1=CC(=O)CC=N1. The van der Waals surface area contributed by atoms with Gasteiger partial charge in [0.25, 0.3) is 0 Å². The average Bonchev–Trinajstić information content (AvgIpc) is 1.86. The lowest BCUT2D eigenvalue weighted by molar-refractivity contribution is -0.113. The minimum Gasteiger partial charge on any atom is -0.294 e. The van der Waals surface area contributed by atoms with Crippen LogP contribution >= 0.6 is 0 Å². The fraction of sp³-hybridized carbons (Fsp3) is 0.556. The first kappa shape index (κ1) is 8.18. The number of ketones is 1. The lowest BCUT2D eigenvalue weighted by Gasteiger charge is -2.20. The van der Waals surface area contributed by atoms with Gasteiger partial charge in [0.2, 0.25) is 0 Å². The smallest absolute Gasteiger partial charge is 0.162 e. The maximum atomic E-state index is 11.0. The zero-order valence-electron chi connectivity index (χ0n) is 7.22. The van der Waals surface area contributed by atoms with Crippen molar-refractivity contribution in [3.8, 4) is 0 Å². The second-order valence-electron chi connectivity index (χ2n) is 3.76. The van der Waals surface area contributed by atoms with E-state index in [2.05, 4.69) is 25.8 Å². The number of carbonyl (C=O) groups is 1. The number of rotatable bonds is 0. The summed E-state index contributed by atoms with van der Waals surface area (Å²) in [6.45, 7) is 6.15. The molecule has 0 aromatic heterocycles. The molecule has 0 atom stereocenters. The topological polar surface area (TPSA) is 29.4 Å². The monoisotopic (exact) mass is 151 g/mol. The van der Waals surface area contributed by atoms with Crippen LogP contribution in [0, 0.1) is 5.41 Å². The molecular weight excluding hydrogens is 138 g/mol. The molecule has 0 aliphatic carbocycles. The van der Waals surface area contributed by atoms with E-state index in [4.69, 9.17) is 0 Å². The molecule has 2 heteroatoms. The third-order valence-electron chi connectivity index (χ3n) is 1.59. The summed E-state index contributed by atoms with van der Waals surface area (Å²) < 4.78 is 0. The highest BCUT2D eigenvalue weighted by Gasteiger charge is 2.19. The molecule has 1 aliphatic rings. The van der Waals surface area contributed by atoms with Gasteiger partial charge in [-0.15, -0.1) is 0 Å². The fourth-order valence-corrected chi connectivity index (χ4v) is 0.893. The summed E-state index contributed by atoms with van der Waals surface area (Å²) >= 11 is 0. The number of hydrogen-bond donors (Lipinski definition) is 0. The molecule has 0 amide bonds. The first-order valence-corrected chi connectivity index (χ1v) is 3.78. The molecule has 0 aromatic rings. The Kier molecular flexibility index (Phi) is 1.94. The molecule has 1 heterocycles. The van der Waals surface area contributed by atoms with E-state index in [1.807, 2.05) is 0 Å². The molecule has 1 aliphatic heterocycles. The molecule has 0 saturated carbocycles. The van der Waals surface area contributed by atoms with Gasteiger partial charge < -0.3 is 0 Å². The molecule has 11 heavy (non-hydrogen) atoms. The summed E-state index contributed by atoms with van der Waals surface area (Å²) in [5.74, 6) is 0.157. The van der Waals surface area contributed by atoms with E-state index < -0.39 is 0 Å². The number of aliphatic imine (C=N–C) groups is 1. The highest BCUT2D eigenvalue weighted by molar-refractivity contribution is 6.01. The van der Waals surface area contributed by atoms with Gasteiger partial charge in [-0.05, 0) is 0 Å². The minimum atomic E-state index is -0.00736. The number of nitrogens with zero attached hydrogens (tertiary/aromatic N) is 1. The molecule has 0 N–H and O–H groups in total. The van der Waals surface area contributed by atoms with E-state index in [9.17, 15) is 4.79 Å². The highest BCUT2D eigenvalue weighted by atomic mass is 16.1. The maximum Gasteiger partial charge on any atom is 0.162 e. The van der Waals surface area contributed by atoms with Gasteiger partial charge in [0.1, 0.15) is 0 Å². The number of allylic oxidation sites excluding steroid dienone is 2. The molecule has 1 rings (SSSR count). The van der Waals surface area contributed by atoms with Crippen LogP contribution in [0.4, 0.5) is 0 Å². The predicted molar refractivity (Wildman–Crippen MR) is 45.7 cm³/mol. The Morgan fingerprint density at radius 3 is 2.45 bits per heavy atom. The fourth-order valence-electron chi connectivity index (χ4n) is 0.893. The van der Waals surface area contributed by atoms with Crippen molar-refractivity contribution in [3.05, 3.63) is 11.8 Å². The minimum absolute atomic E-state index is 0.00736. The molecule has 0 aromatic carbocycles. The van der Waals surface area contributed by atoms with Crippen molar-refractivity contribution in [2.75, 3.05) is 0 Å². The Labute approximate surface area is 67.0 Å². The predicted octanol–water partition coefficient (Wildman–Crippen LogP) is 1.96. The summed E-state index contributed by atoms with van der Waals surface area (Å²) in [5, 5.41) is 0. The molecule has 0 radical (unpaired) electrons. The van der Waals surface area contributed by atoms with Crippen LogP contribution in [-0.2, 0) is 4.79 Å². The largest absolute Gasteiger partial charge is 0.294 e. The second kappa shape index (κ2) is 2.61. The standard InChI is InChI=1S/C9H13NO/c1-9(2,3)8-6-7(11)4-5-10-8/h5-6H,4H2,1-3H3. The third-order valence-corrected chi connectivity index (χ3v) is 1.59. The van der Waals surface area contributed by atoms with Gasteiger partial charge in [-0.3, -0.25) is 9.79 Å². The lowest BCUT2D eigenvalue weighted by Crippen LogP contribution is -2.13. The normalized spacial score (nSPS) is 18.5. The third kappa shape index (κ3) is 2.00. The van der Waals surface area contributed by atoms with Gasteiger partial charge >= 0.3 is 0 Å². The number of hydrogen-bond acceptors (Lipinski definition) is 2. The van der Waals surface area contributed by atoms with Crippen LogP contribution in [0.2, 0.25) is 0 Å². The lowest BCUT2D eigenvalue weighted by atomic mass is 9.90. The van der Waals surface area contributed by atoms with E-state index in [0.717, 1.165) is 5.70 Å². The van der Waals surface area contributed by atoms with Gasteiger partial charge in [-0.1, -0.05) is 20.8 Å². The van der Waals surface area contributed by atoms with Crippen LogP contribution in [0.1, 0.15) is 27.2 Å². The van der Waals surface area contributed by atoms with Crippen LogP contribution < -0.4 is 0 Å². The quantitative estimate of drug-likeness (QED) is 0.520. The van der Waals surface area contributed by atoms with Crippen LogP contribution in [0.15, 0.2) is 16.8 Å². The van der Waals surface area contributed by atoms with Gasteiger partial charge in [0.15, 0.2) is 5.78 Å². The Bertz CT molecular complexity index is 230. The van der Waals surface area contributed by atoms with Crippen molar-refractivity contribution in [2.45, 2.75) is 27.2 Å². The maximum absolute atomic E-state index is 11.0. The van der Waals surface area contributed by atoms with Crippen molar-refractivity contribution < 1.29 is 4.79 Å². The first-order chi connectivity index (χ1) is 5.00. The Morgan fingerprint density at radius 1 is 1.45 bits per heavy atom. The van der Waals surface area contributed by atoms with Crippen LogP contribution in [-0.4, -0.2) is 12.0 Å². The van der Waals surface area contributed by atoms with Crippen LogP contribution in [0.3, 0.4) is 0 Å². The highest BCUT2D eigenvalue weighted by Crippen LogP contribution is 2.27. The van der Waals surface area contributed by atoms with E-state index in [0.29, 0.717) is 6.42 Å². The molecule has 0 bridgehead atoms. The summed E-state index contributed by atoms with van der Waals surface area (Å²) in [4.78, 5) is 15.1. The Hall–Kier alpha value is -0.920. The van der Waals surface area contributed by atoms with Crippen LogP contribution in [0.5, 0.6) is 0 Å². The summed E-state index contributed by atoms with van der Waals surface area (Å²) in [6.07, 6.45) is 3.78. The Morgan fingerprint density at radius 2 is 2.09 bits per heavy atom. The zero-order valence-corrected chi connectivity index (χ0v) is 7.22. The van der Waals surface area contributed by atoms with Gasteiger partial charge in [-0.25, -0.2) is 0 Å². The van der Waals surface area contributed by atoms with Crippen molar-refractivity contribution in [2.24, 2.45) is 10.4 Å². The van der Waals surface area contributed by atoms with E-state index >= 15 is 0 Å². The average molecular weight is 151 g/mol. The molecule has 2 nitrogen and oxygen atoms in total.